The minimum absolute atomic E-state index is 0.0297. The van der Waals surface area contributed by atoms with Crippen LogP contribution in [-0.4, -0.2) is 35.3 Å². The lowest BCUT2D eigenvalue weighted by Gasteiger charge is -2.29. The molecule has 0 radical (unpaired) electrons. The molecule has 2 aromatic rings. The Balaban J connectivity index is 1.55. The number of nitrogens with one attached hydrogen (secondary N) is 3. The molecule has 156 valence electrons. The molecule has 1 aliphatic carbocycles. The molecule has 3 N–H and O–H groups in total. The molecule has 1 heterocycles. The largest absolute Gasteiger partial charge is 0.497 e. The third-order valence-corrected chi connectivity index (χ3v) is 5.02. The van der Waals surface area contributed by atoms with Crippen LogP contribution < -0.4 is 15.6 Å². The van der Waals surface area contributed by atoms with Crippen molar-refractivity contribution in [1.29, 1.82) is 0 Å². The van der Waals surface area contributed by atoms with E-state index in [1.54, 1.807) is 31.4 Å². The van der Waals surface area contributed by atoms with Gasteiger partial charge < -0.3 is 4.74 Å². The molecule has 0 saturated heterocycles. The number of carbonyl (C=O) groups excluding carboxylic acids is 2. The normalized spacial score (nSPS) is 19.4. The van der Waals surface area contributed by atoms with Crippen molar-refractivity contribution in [2.24, 2.45) is 11.8 Å². The van der Waals surface area contributed by atoms with Crippen molar-refractivity contribution in [3.8, 4) is 17.0 Å². The number of carbonyl (C=O) groups is 2. The zero-order chi connectivity index (χ0) is 21.0. The summed E-state index contributed by atoms with van der Waals surface area (Å²) in [5.41, 5.74) is 5.82. The van der Waals surface area contributed by atoms with E-state index in [1.165, 1.54) is 6.07 Å². The molecular formula is C19H21F3N4O3. The number of amides is 2. The molecule has 0 spiro atoms. The van der Waals surface area contributed by atoms with Crippen LogP contribution in [0.1, 0.15) is 36.2 Å². The highest BCUT2D eigenvalue weighted by Crippen LogP contribution is 2.39. The number of ether oxygens (including phenoxy) is 1. The van der Waals surface area contributed by atoms with E-state index in [0.29, 0.717) is 24.3 Å². The first-order valence-electron chi connectivity index (χ1n) is 9.14. The molecule has 0 aliphatic heterocycles. The van der Waals surface area contributed by atoms with E-state index in [0.717, 1.165) is 5.56 Å². The topological polar surface area (TPSA) is 96.1 Å². The lowest BCUT2D eigenvalue weighted by atomic mass is 9.80. The standard InChI is InChI=1S/C19H21F3N4O3/c1-29-14-7-5-11(6-8-14)15-10-16(24-23-15)18(28)26-25-17(27)12-3-2-4-13(9-12)19(20,21)22/h5-8,10,12-13H,2-4,9H2,1H3,(H,23,24)(H,25,27)(H,26,28). The highest BCUT2D eigenvalue weighted by atomic mass is 19.4. The number of aromatic amines is 1. The van der Waals surface area contributed by atoms with Gasteiger partial charge in [-0.25, -0.2) is 0 Å². The summed E-state index contributed by atoms with van der Waals surface area (Å²) in [6.07, 6.45) is -3.86. The van der Waals surface area contributed by atoms with Crippen molar-refractivity contribution in [3.05, 3.63) is 36.0 Å². The molecular weight excluding hydrogens is 389 g/mol. The molecule has 29 heavy (non-hydrogen) atoms. The summed E-state index contributed by atoms with van der Waals surface area (Å²) in [5.74, 6) is -2.86. The number of hydrazine groups is 1. The van der Waals surface area contributed by atoms with Crippen LogP contribution in [0.4, 0.5) is 13.2 Å². The first-order valence-corrected chi connectivity index (χ1v) is 9.14. The van der Waals surface area contributed by atoms with Crippen LogP contribution in [0.3, 0.4) is 0 Å². The first kappa shape index (κ1) is 20.7. The molecule has 2 unspecified atom stereocenters. The van der Waals surface area contributed by atoms with Crippen LogP contribution in [0.25, 0.3) is 11.3 Å². The van der Waals surface area contributed by atoms with E-state index in [2.05, 4.69) is 21.0 Å². The van der Waals surface area contributed by atoms with Crippen molar-refractivity contribution < 1.29 is 27.5 Å². The monoisotopic (exact) mass is 410 g/mol. The summed E-state index contributed by atoms with van der Waals surface area (Å²) < 4.78 is 43.7. The van der Waals surface area contributed by atoms with Gasteiger partial charge in [-0.2, -0.15) is 18.3 Å². The number of hydrogen-bond donors (Lipinski definition) is 3. The number of halogens is 3. The van der Waals surface area contributed by atoms with Gasteiger partial charge in [0.1, 0.15) is 11.4 Å². The average Bonchev–Trinajstić information content (AvgIpc) is 3.21. The van der Waals surface area contributed by atoms with Crippen LogP contribution in [0, 0.1) is 11.8 Å². The summed E-state index contributed by atoms with van der Waals surface area (Å²) in [7, 11) is 1.55. The van der Waals surface area contributed by atoms with Gasteiger partial charge in [-0.05, 0) is 49.6 Å². The first-order chi connectivity index (χ1) is 13.8. The van der Waals surface area contributed by atoms with E-state index in [1.807, 2.05) is 0 Å². The maximum absolute atomic E-state index is 12.9. The van der Waals surface area contributed by atoms with Crippen molar-refractivity contribution in [3.63, 3.8) is 0 Å². The highest BCUT2D eigenvalue weighted by Gasteiger charge is 2.43. The number of benzene rings is 1. The Labute approximate surface area is 165 Å². The Morgan fingerprint density at radius 2 is 1.90 bits per heavy atom. The molecule has 1 aliphatic rings. The smallest absolute Gasteiger partial charge is 0.391 e. The molecule has 1 fully saturated rings. The molecule has 7 nitrogen and oxygen atoms in total. The van der Waals surface area contributed by atoms with Crippen LogP contribution in [-0.2, 0) is 4.79 Å². The fourth-order valence-electron chi connectivity index (χ4n) is 3.36. The lowest BCUT2D eigenvalue weighted by molar-refractivity contribution is -0.186. The van der Waals surface area contributed by atoms with Crippen LogP contribution in [0.2, 0.25) is 0 Å². The van der Waals surface area contributed by atoms with Gasteiger partial charge >= 0.3 is 6.18 Å². The van der Waals surface area contributed by atoms with Gasteiger partial charge in [0.15, 0.2) is 0 Å². The molecule has 0 bridgehead atoms. The summed E-state index contributed by atoms with van der Waals surface area (Å²) in [5, 5.41) is 6.62. The second kappa shape index (κ2) is 8.54. The van der Waals surface area contributed by atoms with Crippen LogP contribution in [0.5, 0.6) is 5.75 Å². The Morgan fingerprint density at radius 3 is 2.55 bits per heavy atom. The van der Waals surface area contributed by atoms with Gasteiger partial charge in [0.2, 0.25) is 5.91 Å². The molecule has 1 aromatic heterocycles. The summed E-state index contributed by atoms with van der Waals surface area (Å²) in [6.45, 7) is 0. The summed E-state index contributed by atoms with van der Waals surface area (Å²) in [6, 6.07) is 8.56. The van der Waals surface area contributed by atoms with Gasteiger partial charge in [-0.1, -0.05) is 6.42 Å². The molecule has 1 saturated carbocycles. The Bertz CT molecular complexity index is 864. The van der Waals surface area contributed by atoms with Crippen molar-refractivity contribution in [2.45, 2.75) is 31.9 Å². The van der Waals surface area contributed by atoms with Gasteiger partial charge in [-0.3, -0.25) is 25.5 Å². The van der Waals surface area contributed by atoms with E-state index >= 15 is 0 Å². The number of alkyl halides is 3. The van der Waals surface area contributed by atoms with Gasteiger partial charge in [-0.15, -0.1) is 0 Å². The third-order valence-electron chi connectivity index (χ3n) is 5.02. The molecule has 3 rings (SSSR count). The minimum Gasteiger partial charge on any atom is -0.497 e. The fraction of sp³-hybridized carbons (Fsp3) is 0.421. The number of H-pyrrole nitrogens is 1. The predicted octanol–water partition coefficient (Wildman–Crippen LogP) is 3.22. The minimum atomic E-state index is -4.31. The van der Waals surface area contributed by atoms with Crippen molar-refractivity contribution in [1.82, 2.24) is 21.0 Å². The Morgan fingerprint density at radius 1 is 1.17 bits per heavy atom. The number of nitrogens with zero attached hydrogens (tertiary/aromatic N) is 1. The lowest BCUT2D eigenvalue weighted by Crippen LogP contribution is -2.46. The highest BCUT2D eigenvalue weighted by molar-refractivity contribution is 5.94. The van der Waals surface area contributed by atoms with Gasteiger partial charge in [0, 0.05) is 11.5 Å². The molecule has 10 heteroatoms. The van der Waals surface area contributed by atoms with Crippen molar-refractivity contribution in [2.75, 3.05) is 7.11 Å². The average molecular weight is 410 g/mol. The van der Waals surface area contributed by atoms with Crippen molar-refractivity contribution >= 4 is 11.8 Å². The number of methoxy groups -OCH3 is 1. The van der Waals surface area contributed by atoms with E-state index in [4.69, 9.17) is 4.74 Å². The van der Waals surface area contributed by atoms with E-state index < -0.39 is 29.8 Å². The quantitative estimate of drug-likeness (QED) is 0.675. The fourth-order valence-corrected chi connectivity index (χ4v) is 3.36. The van der Waals surface area contributed by atoms with Crippen LogP contribution >= 0.6 is 0 Å². The van der Waals surface area contributed by atoms with E-state index in [-0.39, 0.29) is 18.5 Å². The number of rotatable bonds is 4. The number of aromatic nitrogens is 2. The van der Waals surface area contributed by atoms with Gasteiger partial charge in [0.05, 0.1) is 18.7 Å². The second-order valence-corrected chi connectivity index (χ2v) is 6.94. The predicted molar refractivity (Wildman–Crippen MR) is 97.7 cm³/mol. The summed E-state index contributed by atoms with van der Waals surface area (Å²) >= 11 is 0. The Hall–Kier alpha value is -3.04. The molecule has 1 aromatic carbocycles. The zero-order valence-electron chi connectivity index (χ0n) is 15.7. The third kappa shape index (κ3) is 5.07. The zero-order valence-corrected chi connectivity index (χ0v) is 15.7. The maximum Gasteiger partial charge on any atom is 0.391 e. The van der Waals surface area contributed by atoms with Gasteiger partial charge in [0.25, 0.3) is 5.91 Å². The second-order valence-electron chi connectivity index (χ2n) is 6.94. The van der Waals surface area contributed by atoms with E-state index in [9.17, 15) is 22.8 Å². The SMILES string of the molecule is COc1ccc(-c2cc(C(=O)NNC(=O)C3CCCC(C(F)(F)F)C3)[nH]n2)cc1. The van der Waals surface area contributed by atoms with Crippen LogP contribution in [0.15, 0.2) is 30.3 Å². The molecule has 2 amide bonds. The molecule has 2 atom stereocenters. The maximum atomic E-state index is 12.9. The number of hydrogen-bond acceptors (Lipinski definition) is 4. The summed E-state index contributed by atoms with van der Waals surface area (Å²) in [4.78, 5) is 24.4. The Kier molecular flexibility index (Phi) is 6.09.